The molecule has 20 heavy (non-hydrogen) atoms. The highest BCUT2D eigenvalue weighted by molar-refractivity contribution is 5.32. The molecule has 4 atom stereocenters. The third kappa shape index (κ3) is 1.76. The molecule has 0 amide bonds. The van der Waals surface area contributed by atoms with Crippen LogP contribution < -0.4 is 0 Å². The maximum atomic E-state index is 6.01. The second kappa shape index (κ2) is 4.67. The highest BCUT2D eigenvalue weighted by atomic mass is 16.6. The molecule has 0 radical (unpaired) electrons. The molecule has 4 nitrogen and oxygen atoms in total. The van der Waals surface area contributed by atoms with Gasteiger partial charge in [-0.05, 0) is 24.3 Å². The zero-order valence-corrected chi connectivity index (χ0v) is 11.2. The molecule has 2 spiro atoms. The molecule has 0 saturated carbocycles. The first-order valence-corrected chi connectivity index (χ1v) is 7.07. The molecule has 0 N–H and O–H groups in total. The Hall–Kier alpha value is -1.20. The Morgan fingerprint density at radius 1 is 0.600 bits per heavy atom. The molecular formula is C16H18O4. The summed E-state index contributed by atoms with van der Waals surface area (Å²) in [7, 11) is 0. The van der Waals surface area contributed by atoms with Crippen LogP contribution in [0, 0.1) is 0 Å². The van der Waals surface area contributed by atoms with Crippen LogP contribution in [0.15, 0.2) is 48.6 Å². The molecule has 0 aromatic rings. The Kier molecular flexibility index (Phi) is 2.93. The molecule has 0 unspecified atom stereocenters. The molecule has 4 heteroatoms. The van der Waals surface area contributed by atoms with Gasteiger partial charge in [0.1, 0.15) is 23.4 Å². The Morgan fingerprint density at radius 2 is 1.00 bits per heavy atom. The van der Waals surface area contributed by atoms with E-state index in [2.05, 4.69) is 24.3 Å². The van der Waals surface area contributed by atoms with Crippen molar-refractivity contribution in [2.75, 3.05) is 26.4 Å². The van der Waals surface area contributed by atoms with Crippen molar-refractivity contribution in [3.05, 3.63) is 48.6 Å². The van der Waals surface area contributed by atoms with Gasteiger partial charge in [-0.1, -0.05) is 24.3 Å². The lowest BCUT2D eigenvalue weighted by molar-refractivity contribution is -0.189. The predicted octanol–water partition coefficient (Wildman–Crippen LogP) is 1.55. The average molecular weight is 274 g/mol. The predicted molar refractivity (Wildman–Crippen MR) is 73.4 cm³/mol. The Balaban J connectivity index is 1.72. The van der Waals surface area contributed by atoms with Crippen LogP contribution in [0.1, 0.15) is 0 Å². The van der Waals surface area contributed by atoms with Crippen LogP contribution >= 0.6 is 0 Å². The van der Waals surface area contributed by atoms with Crippen LogP contribution in [0.3, 0.4) is 0 Å². The van der Waals surface area contributed by atoms with Crippen LogP contribution in [-0.4, -0.2) is 49.8 Å². The third-order valence-electron chi connectivity index (χ3n) is 4.28. The van der Waals surface area contributed by atoms with Crippen molar-refractivity contribution < 1.29 is 18.9 Å². The van der Waals surface area contributed by atoms with Gasteiger partial charge in [-0.25, -0.2) is 0 Å². The van der Waals surface area contributed by atoms with E-state index in [1.54, 1.807) is 0 Å². The van der Waals surface area contributed by atoms with Crippen molar-refractivity contribution in [2.45, 2.75) is 23.4 Å². The van der Waals surface area contributed by atoms with Gasteiger partial charge in [0.05, 0.1) is 26.4 Å². The lowest BCUT2D eigenvalue weighted by atomic mass is 9.81. The minimum atomic E-state index is -0.527. The summed E-state index contributed by atoms with van der Waals surface area (Å²) in [5.41, 5.74) is -1.05. The van der Waals surface area contributed by atoms with Gasteiger partial charge in [-0.15, -0.1) is 0 Å². The van der Waals surface area contributed by atoms with E-state index in [0.717, 1.165) is 0 Å². The molecule has 0 aliphatic carbocycles. The maximum Gasteiger partial charge on any atom is 0.134 e. The van der Waals surface area contributed by atoms with E-state index in [1.807, 2.05) is 24.3 Å². The van der Waals surface area contributed by atoms with Gasteiger partial charge >= 0.3 is 0 Å². The first kappa shape index (κ1) is 12.5. The summed E-state index contributed by atoms with van der Waals surface area (Å²) in [5.74, 6) is 0. The molecule has 4 aliphatic heterocycles. The van der Waals surface area contributed by atoms with Crippen LogP contribution in [0.25, 0.3) is 0 Å². The van der Waals surface area contributed by atoms with Gasteiger partial charge in [-0.2, -0.15) is 0 Å². The maximum absolute atomic E-state index is 6.01. The second-order valence-corrected chi connectivity index (χ2v) is 5.45. The lowest BCUT2D eigenvalue weighted by Crippen LogP contribution is -2.60. The number of hydrogen-bond acceptors (Lipinski definition) is 4. The smallest absolute Gasteiger partial charge is 0.134 e. The fourth-order valence-corrected chi connectivity index (χ4v) is 3.39. The van der Waals surface area contributed by atoms with Gasteiger partial charge in [0, 0.05) is 0 Å². The minimum absolute atomic E-state index is 0.209. The fourth-order valence-electron chi connectivity index (χ4n) is 3.39. The zero-order chi connectivity index (χ0) is 13.5. The Morgan fingerprint density at radius 3 is 1.40 bits per heavy atom. The van der Waals surface area contributed by atoms with Crippen LogP contribution in [-0.2, 0) is 18.9 Å². The van der Waals surface area contributed by atoms with Crippen LogP contribution in [0.4, 0.5) is 0 Å². The summed E-state index contributed by atoms with van der Waals surface area (Å²) in [6, 6.07) is 0. The second-order valence-electron chi connectivity index (χ2n) is 5.45. The molecule has 0 fully saturated rings. The van der Waals surface area contributed by atoms with E-state index < -0.39 is 11.2 Å². The summed E-state index contributed by atoms with van der Waals surface area (Å²) in [6.07, 6.45) is 16.0. The van der Waals surface area contributed by atoms with E-state index in [9.17, 15) is 0 Å². The standard InChI is InChI=1S/C16H18O4/c1-5-15(7-3-11-19-15)13(17-9-1)14-16(6-2-10-18-14)8-4-12-20-16/h1-8,13-14H,9-12H2/t13-,14-,15-,16+/m1/s1. The zero-order valence-electron chi connectivity index (χ0n) is 11.2. The highest BCUT2D eigenvalue weighted by Crippen LogP contribution is 2.40. The van der Waals surface area contributed by atoms with Crippen molar-refractivity contribution in [2.24, 2.45) is 0 Å². The van der Waals surface area contributed by atoms with Gasteiger partial charge < -0.3 is 18.9 Å². The number of hydrogen-bond donors (Lipinski definition) is 0. The minimum Gasteiger partial charge on any atom is -0.368 e. The van der Waals surface area contributed by atoms with E-state index >= 15 is 0 Å². The first-order valence-electron chi connectivity index (χ1n) is 7.07. The first-order chi connectivity index (χ1) is 9.85. The van der Waals surface area contributed by atoms with Crippen molar-refractivity contribution in [1.82, 2.24) is 0 Å². The topological polar surface area (TPSA) is 36.9 Å². The van der Waals surface area contributed by atoms with Gasteiger partial charge in [0.2, 0.25) is 0 Å². The monoisotopic (exact) mass is 274 g/mol. The van der Waals surface area contributed by atoms with Crippen LogP contribution in [0.5, 0.6) is 0 Å². The molecule has 0 saturated heterocycles. The van der Waals surface area contributed by atoms with Gasteiger partial charge in [-0.3, -0.25) is 0 Å². The molecule has 4 aliphatic rings. The van der Waals surface area contributed by atoms with E-state index in [1.165, 1.54) is 0 Å². The average Bonchev–Trinajstić information content (AvgIpc) is 3.12. The van der Waals surface area contributed by atoms with E-state index in [0.29, 0.717) is 26.4 Å². The normalized spacial score (nSPS) is 46.0. The molecule has 0 bridgehead atoms. The Labute approximate surface area is 118 Å². The molecule has 4 heterocycles. The molecule has 106 valence electrons. The van der Waals surface area contributed by atoms with E-state index in [-0.39, 0.29) is 12.2 Å². The van der Waals surface area contributed by atoms with Gasteiger partial charge in [0.25, 0.3) is 0 Å². The third-order valence-corrected chi connectivity index (χ3v) is 4.28. The summed E-state index contributed by atoms with van der Waals surface area (Å²) < 4.78 is 23.9. The Bertz CT molecular complexity index is 461. The fraction of sp³-hybridized carbons (Fsp3) is 0.500. The summed E-state index contributed by atoms with van der Waals surface area (Å²) in [4.78, 5) is 0. The van der Waals surface area contributed by atoms with Gasteiger partial charge in [0.15, 0.2) is 0 Å². The summed E-state index contributed by atoms with van der Waals surface area (Å²) >= 11 is 0. The molecule has 0 aromatic heterocycles. The lowest BCUT2D eigenvalue weighted by Gasteiger charge is -2.46. The molecule has 4 rings (SSSR count). The SMILES string of the molecule is C1=C[C@@]2(C=CCO2)[C@@H]([C@H]2OCC=C[C@]23C=CCO3)OC1. The van der Waals surface area contributed by atoms with Crippen LogP contribution in [0.2, 0.25) is 0 Å². The van der Waals surface area contributed by atoms with Crippen molar-refractivity contribution in [1.29, 1.82) is 0 Å². The number of rotatable bonds is 1. The number of ether oxygens (including phenoxy) is 4. The van der Waals surface area contributed by atoms with E-state index in [4.69, 9.17) is 18.9 Å². The molecular weight excluding hydrogens is 256 g/mol. The summed E-state index contributed by atoms with van der Waals surface area (Å²) in [6.45, 7) is 2.37. The molecule has 0 aromatic carbocycles. The summed E-state index contributed by atoms with van der Waals surface area (Å²) in [5, 5.41) is 0. The quantitative estimate of drug-likeness (QED) is 0.680. The van der Waals surface area contributed by atoms with Crippen molar-refractivity contribution >= 4 is 0 Å². The highest BCUT2D eigenvalue weighted by Gasteiger charge is 2.53. The van der Waals surface area contributed by atoms with Crippen molar-refractivity contribution in [3.63, 3.8) is 0 Å². The van der Waals surface area contributed by atoms with Crippen molar-refractivity contribution in [3.8, 4) is 0 Å². The largest absolute Gasteiger partial charge is 0.368 e.